The standard InChI is InChI=1S/C18H13ClN2O3S/c19-14-6-8-15(9-7-14)25(23,24)21-17-10-11-20-12-16(17)18(22)13-4-2-1-3-5-13/h1-12H,(H,20,21). The van der Waals surface area contributed by atoms with E-state index in [4.69, 9.17) is 11.6 Å². The van der Waals surface area contributed by atoms with Crippen LogP contribution < -0.4 is 4.72 Å². The molecule has 0 saturated carbocycles. The lowest BCUT2D eigenvalue weighted by Gasteiger charge is -2.12. The third-order valence-electron chi connectivity index (χ3n) is 3.47. The van der Waals surface area contributed by atoms with E-state index in [2.05, 4.69) is 9.71 Å². The van der Waals surface area contributed by atoms with Crippen molar-refractivity contribution in [3.05, 3.63) is 89.2 Å². The molecular formula is C18H13ClN2O3S. The summed E-state index contributed by atoms with van der Waals surface area (Å²) in [4.78, 5) is 16.6. The molecule has 0 spiro atoms. The minimum atomic E-state index is -3.86. The van der Waals surface area contributed by atoms with Crippen LogP contribution in [0.3, 0.4) is 0 Å². The quantitative estimate of drug-likeness (QED) is 0.692. The predicted octanol–water partition coefficient (Wildman–Crippen LogP) is 3.77. The lowest BCUT2D eigenvalue weighted by atomic mass is 10.0. The van der Waals surface area contributed by atoms with E-state index in [0.29, 0.717) is 10.6 Å². The number of hydrogen-bond acceptors (Lipinski definition) is 4. The Balaban J connectivity index is 1.96. The number of sulfonamides is 1. The third-order valence-corrected chi connectivity index (χ3v) is 5.10. The molecule has 7 heteroatoms. The van der Waals surface area contributed by atoms with Gasteiger partial charge in [-0.15, -0.1) is 0 Å². The van der Waals surface area contributed by atoms with Gasteiger partial charge in [-0.25, -0.2) is 8.42 Å². The predicted molar refractivity (Wildman–Crippen MR) is 96.4 cm³/mol. The normalized spacial score (nSPS) is 11.1. The summed E-state index contributed by atoms with van der Waals surface area (Å²) >= 11 is 5.79. The van der Waals surface area contributed by atoms with Gasteiger partial charge in [0.1, 0.15) is 0 Å². The van der Waals surface area contributed by atoms with Gasteiger partial charge in [0.15, 0.2) is 5.78 Å². The molecule has 0 aliphatic heterocycles. The highest BCUT2D eigenvalue weighted by Crippen LogP contribution is 2.22. The first-order chi connectivity index (χ1) is 12.0. The van der Waals surface area contributed by atoms with E-state index in [1.54, 1.807) is 30.3 Å². The number of anilines is 1. The highest BCUT2D eigenvalue weighted by molar-refractivity contribution is 7.92. The Morgan fingerprint density at radius 1 is 0.960 bits per heavy atom. The van der Waals surface area contributed by atoms with Crippen LogP contribution in [0.5, 0.6) is 0 Å². The van der Waals surface area contributed by atoms with Crippen molar-refractivity contribution in [1.29, 1.82) is 0 Å². The summed E-state index contributed by atoms with van der Waals surface area (Å²) in [5, 5.41) is 0.433. The van der Waals surface area contributed by atoms with Gasteiger partial charge in [-0.1, -0.05) is 41.9 Å². The molecule has 0 aliphatic carbocycles. The van der Waals surface area contributed by atoms with Crippen molar-refractivity contribution < 1.29 is 13.2 Å². The Morgan fingerprint density at radius 3 is 2.32 bits per heavy atom. The second-order valence-corrected chi connectivity index (χ2v) is 7.29. The largest absolute Gasteiger partial charge is 0.288 e. The van der Waals surface area contributed by atoms with E-state index in [1.165, 1.54) is 42.7 Å². The fourth-order valence-corrected chi connectivity index (χ4v) is 3.43. The van der Waals surface area contributed by atoms with Crippen molar-refractivity contribution in [3.8, 4) is 0 Å². The van der Waals surface area contributed by atoms with Gasteiger partial charge in [0.05, 0.1) is 16.1 Å². The van der Waals surface area contributed by atoms with E-state index in [-0.39, 0.29) is 21.9 Å². The maximum atomic E-state index is 12.6. The number of rotatable bonds is 5. The molecule has 2 aromatic carbocycles. The molecule has 0 radical (unpaired) electrons. The maximum Gasteiger partial charge on any atom is 0.261 e. The van der Waals surface area contributed by atoms with Gasteiger partial charge in [0.2, 0.25) is 0 Å². The van der Waals surface area contributed by atoms with Crippen molar-refractivity contribution in [3.63, 3.8) is 0 Å². The van der Waals surface area contributed by atoms with E-state index in [1.807, 2.05) is 0 Å². The number of carbonyl (C=O) groups is 1. The van der Waals surface area contributed by atoms with Gasteiger partial charge in [-0.2, -0.15) is 0 Å². The van der Waals surface area contributed by atoms with Gasteiger partial charge in [-0.05, 0) is 30.3 Å². The smallest absolute Gasteiger partial charge is 0.261 e. The Hall–Kier alpha value is -2.70. The van der Waals surface area contributed by atoms with Crippen molar-refractivity contribution in [2.24, 2.45) is 0 Å². The molecule has 1 N–H and O–H groups in total. The Morgan fingerprint density at radius 2 is 1.64 bits per heavy atom. The fraction of sp³-hybridized carbons (Fsp3) is 0. The number of carbonyl (C=O) groups excluding carboxylic acids is 1. The van der Waals surface area contributed by atoms with Crippen LogP contribution in [-0.4, -0.2) is 19.2 Å². The molecule has 25 heavy (non-hydrogen) atoms. The number of hydrogen-bond donors (Lipinski definition) is 1. The average molecular weight is 373 g/mol. The van der Waals surface area contributed by atoms with Crippen molar-refractivity contribution in [2.45, 2.75) is 4.90 Å². The van der Waals surface area contributed by atoms with Crippen LogP contribution in [0.25, 0.3) is 0 Å². The van der Waals surface area contributed by atoms with Crippen molar-refractivity contribution >= 4 is 33.1 Å². The SMILES string of the molecule is O=C(c1ccccc1)c1cnccc1NS(=O)(=O)c1ccc(Cl)cc1. The molecule has 5 nitrogen and oxygen atoms in total. The summed E-state index contributed by atoms with van der Waals surface area (Å²) in [6.07, 6.45) is 2.76. The van der Waals surface area contributed by atoms with Gasteiger partial charge >= 0.3 is 0 Å². The number of pyridine rings is 1. The number of halogens is 1. The van der Waals surface area contributed by atoms with Crippen molar-refractivity contribution in [1.82, 2.24) is 4.98 Å². The van der Waals surface area contributed by atoms with Crippen LogP contribution in [0, 0.1) is 0 Å². The second-order valence-electron chi connectivity index (χ2n) is 5.18. The van der Waals surface area contributed by atoms with E-state index < -0.39 is 10.0 Å². The zero-order valence-corrected chi connectivity index (χ0v) is 14.5. The molecule has 0 aliphatic rings. The van der Waals surface area contributed by atoms with Crippen LogP contribution in [0.2, 0.25) is 5.02 Å². The third kappa shape index (κ3) is 3.87. The van der Waals surface area contributed by atoms with Gasteiger partial charge in [0.25, 0.3) is 10.0 Å². The van der Waals surface area contributed by atoms with E-state index >= 15 is 0 Å². The number of ketones is 1. The van der Waals surface area contributed by atoms with Crippen LogP contribution in [0.15, 0.2) is 78.0 Å². The lowest BCUT2D eigenvalue weighted by molar-refractivity contribution is 0.103. The molecule has 3 rings (SSSR count). The summed E-state index contributed by atoms with van der Waals surface area (Å²) in [5.41, 5.74) is 0.785. The first-order valence-electron chi connectivity index (χ1n) is 7.29. The minimum absolute atomic E-state index is 0.0480. The average Bonchev–Trinajstić information content (AvgIpc) is 2.62. The Bertz CT molecular complexity index is 1000. The molecule has 0 amide bonds. The number of nitrogens with zero attached hydrogens (tertiary/aromatic N) is 1. The Labute approximate surface area is 150 Å². The van der Waals surface area contributed by atoms with Crippen LogP contribution in [-0.2, 0) is 10.0 Å². The topological polar surface area (TPSA) is 76.1 Å². The molecule has 0 fully saturated rings. The minimum Gasteiger partial charge on any atom is -0.288 e. The molecule has 1 heterocycles. The molecular weight excluding hydrogens is 360 g/mol. The number of aromatic nitrogens is 1. The van der Waals surface area contributed by atoms with E-state index in [9.17, 15) is 13.2 Å². The van der Waals surface area contributed by atoms with Gasteiger partial charge in [-0.3, -0.25) is 14.5 Å². The lowest BCUT2D eigenvalue weighted by Crippen LogP contribution is -2.16. The number of nitrogens with one attached hydrogen (secondary N) is 1. The summed E-state index contributed by atoms with van der Waals surface area (Å²) in [6, 6.07) is 15.8. The molecule has 0 saturated heterocycles. The molecule has 1 aromatic heterocycles. The summed E-state index contributed by atoms with van der Waals surface area (Å²) in [5.74, 6) is -0.317. The zero-order valence-electron chi connectivity index (χ0n) is 12.9. The maximum absolute atomic E-state index is 12.6. The van der Waals surface area contributed by atoms with Crippen LogP contribution in [0.1, 0.15) is 15.9 Å². The van der Waals surface area contributed by atoms with E-state index in [0.717, 1.165) is 0 Å². The monoisotopic (exact) mass is 372 g/mol. The molecule has 3 aromatic rings. The molecule has 0 atom stereocenters. The summed E-state index contributed by atoms with van der Waals surface area (Å²) in [7, 11) is -3.86. The van der Waals surface area contributed by atoms with Gasteiger partial charge in [0, 0.05) is 23.0 Å². The fourth-order valence-electron chi connectivity index (χ4n) is 2.23. The summed E-state index contributed by atoms with van der Waals surface area (Å²) in [6.45, 7) is 0. The molecule has 0 bridgehead atoms. The van der Waals surface area contributed by atoms with Crippen LogP contribution >= 0.6 is 11.6 Å². The van der Waals surface area contributed by atoms with Crippen LogP contribution in [0.4, 0.5) is 5.69 Å². The number of benzene rings is 2. The van der Waals surface area contributed by atoms with Gasteiger partial charge < -0.3 is 0 Å². The first kappa shape index (κ1) is 17.1. The second kappa shape index (κ2) is 7.04. The Kier molecular flexibility index (Phi) is 4.83. The highest BCUT2D eigenvalue weighted by atomic mass is 35.5. The zero-order chi connectivity index (χ0) is 17.9. The molecule has 126 valence electrons. The first-order valence-corrected chi connectivity index (χ1v) is 9.15. The summed E-state index contributed by atoms with van der Waals surface area (Å²) < 4.78 is 27.5. The molecule has 0 unspecified atom stereocenters. The highest BCUT2D eigenvalue weighted by Gasteiger charge is 2.19. The van der Waals surface area contributed by atoms with Crippen molar-refractivity contribution in [2.75, 3.05) is 4.72 Å².